The van der Waals surface area contributed by atoms with Crippen LogP contribution in [0.3, 0.4) is 0 Å². The van der Waals surface area contributed by atoms with Crippen molar-refractivity contribution < 1.29 is 4.74 Å². The largest absolute Gasteiger partial charge is 0.487 e. The van der Waals surface area contributed by atoms with E-state index in [0.29, 0.717) is 11.3 Å². The van der Waals surface area contributed by atoms with Crippen LogP contribution in [0.2, 0.25) is 0 Å². The van der Waals surface area contributed by atoms with Crippen LogP contribution in [-0.2, 0) is 5.41 Å². The lowest BCUT2D eigenvalue weighted by atomic mass is 9.92. The number of aromatic nitrogens is 3. The van der Waals surface area contributed by atoms with Gasteiger partial charge in [0.1, 0.15) is 16.9 Å². The molecule has 6 aromatic carbocycles. The molecule has 0 spiro atoms. The monoisotopic (exact) mass is 535 g/mol. The van der Waals surface area contributed by atoms with Gasteiger partial charge in [0.05, 0.1) is 5.39 Å². The first kappa shape index (κ1) is 23.2. The fourth-order valence-electron chi connectivity index (χ4n) is 7.29. The highest BCUT2D eigenvalue weighted by Gasteiger charge is 2.30. The van der Waals surface area contributed by atoms with Crippen LogP contribution in [0.4, 0.5) is 0 Å². The van der Waals surface area contributed by atoms with E-state index in [-0.39, 0.29) is 16.6 Å². The summed E-state index contributed by atoms with van der Waals surface area (Å²) in [7, 11) is 0. The second kappa shape index (κ2) is 6.85. The third-order valence-corrected chi connectivity index (χ3v) is 8.92. The Morgan fingerprint density at radius 1 is 0.659 bits per heavy atom. The summed E-state index contributed by atoms with van der Waals surface area (Å²) in [6.07, 6.45) is 0. The van der Waals surface area contributed by atoms with Crippen LogP contribution in [0.25, 0.3) is 81.4 Å². The molecule has 0 aliphatic rings. The van der Waals surface area contributed by atoms with Crippen molar-refractivity contribution in [3.8, 4) is 5.75 Å². The number of hydrogen-bond acceptors (Lipinski definition) is 4. The maximum Gasteiger partial charge on any atom is 0.266 e. The highest BCUT2D eigenvalue weighted by molar-refractivity contribution is 6.49. The molecule has 0 aliphatic carbocycles. The Morgan fingerprint density at radius 2 is 1.32 bits per heavy atom. The molecule has 5 heteroatoms. The number of hydrogen-bond donors (Lipinski definition) is 0. The Hall–Kier alpha value is -4.51. The van der Waals surface area contributed by atoms with Crippen LogP contribution in [0, 0.1) is 6.92 Å². The van der Waals surface area contributed by atoms with Crippen LogP contribution in [0.15, 0.2) is 53.3 Å². The van der Waals surface area contributed by atoms with Gasteiger partial charge in [-0.25, -0.2) is 14.4 Å². The zero-order chi connectivity index (χ0) is 28.3. The van der Waals surface area contributed by atoms with Gasteiger partial charge < -0.3 is 4.74 Å². The molecule has 0 fully saturated rings. The second-order valence-corrected chi connectivity index (χ2v) is 13.8. The third-order valence-electron chi connectivity index (χ3n) is 8.92. The molecule has 0 unspecified atom stereocenters. The molecule has 3 heterocycles. The van der Waals surface area contributed by atoms with Crippen LogP contribution in [-0.4, -0.2) is 20.0 Å². The molecule has 9 aromatic rings. The van der Waals surface area contributed by atoms with Gasteiger partial charge in [-0.15, -0.1) is 0 Å². The predicted molar refractivity (Wildman–Crippen MR) is 170 cm³/mol. The van der Waals surface area contributed by atoms with Crippen molar-refractivity contribution in [2.75, 3.05) is 0 Å². The standard InChI is InChI=1S/C36H29N3O2/c1-16-14-20-28-26-18(16)10-8-17-9-11-19-23(41-36(5,6)7)15-21(29(28)27(19)25(17)26)30-31(20)34(40)39-32-22(37-33(30)39)12-13-24(38-32)35(2,3)4/h8-15H,1-7H3. The van der Waals surface area contributed by atoms with Crippen molar-refractivity contribution in [3.05, 3.63) is 70.1 Å². The van der Waals surface area contributed by atoms with Crippen LogP contribution in [0.5, 0.6) is 5.75 Å². The van der Waals surface area contributed by atoms with Crippen molar-refractivity contribution in [1.29, 1.82) is 0 Å². The number of nitrogens with zero attached hydrogens (tertiary/aromatic N) is 3. The fraction of sp³-hybridized carbons (Fsp3) is 0.250. The summed E-state index contributed by atoms with van der Waals surface area (Å²) in [5.74, 6) is 0.833. The lowest BCUT2D eigenvalue weighted by molar-refractivity contribution is 0.133. The summed E-state index contributed by atoms with van der Waals surface area (Å²) in [6.45, 7) is 14.8. The van der Waals surface area contributed by atoms with Crippen LogP contribution in [0.1, 0.15) is 52.8 Å². The van der Waals surface area contributed by atoms with Crippen molar-refractivity contribution >= 4 is 81.4 Å². The maximum absolute atomic E-state index is 14.5. The first-order chi connectivity index (χ1) is 19.4. The van der Waals surface area contributed by atoms with E-state index in [1.807, 2.05) is 12.1 Å². The van der Waals surface area contributed by atoms with Crippen LogP contribution >= 0.6 is 0 Å². The molecule has 9 rings (SSSR count). The number of pyridine rings is 1. The van der Waals surface area contributed by atoms with Gasteiger partial charge in [-0.05, 0) is 107 Å². The summed E-state index contributed by atoms with van der Waals surface area (Å²) in [6, 6.07) is 17.2. The maximum atomic E-state index is 14.5. The molecular formula is C36H29N3O2. The number of aryl methyl sites for hydroxylation is 1. The highest BCUT2D eigenvalue weighted by Crippen LogP contribution is 2.53. The van der Waals surface area contributed by atoms with Gasteiger partial charge in [-0.2, -0.15) is 0 Å². The molecule has 200 valence electrons. The summed E-state index contributed by atoms with van der Waals surface area (Å²) in [5.41, 5.74) is 3.54. The van der Waals surface area contributed by atoms with E-state index in [1.54, 1.807) is 4.40 Å². The van der Waals surface area contributed by atoms with Gasteiger partial charge in [-0.1, -0.05) is 39.0 Å². The quantitative estimate of drug-likeness (QED) is 0.197. The van der Waals surface area contributed by atoms with E-state index in [1.165, 1.54) is 43.3 Å². The highest BCUT2D eigenvalue weighted by atomic mass is 16.5. The molecule has 0 aliphatic heterocycles. The third kappa shape index (κ3) is 2.70. The molecule has 0 amide bonds. The second-order valence-electron chi connectivity index (χ2n) is 13.8. The molecule has 0 N–H and O–H groups in total. The molecule has 0 saturated heterocycles. The Labute approximate surface area is 235 Å². The Bertz CT molecular complexity index is 2600. The average molecular weight is 536 g/mol. The first-order valence-corrected chi connectivity index (χ1v) is 14.3. The topological polar surface area (TPSA) is 56.5 Å². The Balaban J connectivity index is 1.61. The zero-order valence-electron chi connectivity index (χ0n) is 24.3. The predicted octanol–water partition coefficient (Wildman–Crippen LogP) is 8.70. The summed E-state index contributed by atoms with van der Waals surface area (Å²) in [5, 5.41) is 13.3. The fourth-order valence-corrected chi connectivity index (χ4v) is 7.29. The number of fused-ring (bicyclic) bond motifs is 7. The molecular weight excluding hydrogens is 506 g/mol. The average Bonchev–Trinajstić information content (AvgIpc) is 3.54. The molecule has 0 bridgehead atoms. The molecule has 0 radical (unpaired) electrons. The number of ether oxygens (including phenoxy) is 1. The van der Waals surface area contributed by atoms with E-state index in [2.05, 4.69) is 84.9 Å². The lowest BCUT2D eigenvalue weighted by Crippen LogP contribution is -2.23. The van der Waals surface area contributed by atoms with E-state index in [0.717, 1.165) is 43.9 Å². The smallest absolute Gasteiger partial charge is 0.266 e. The van der Waals surface area contributed by atoms with Crippen molar-refractivity contribution in [1.82, 2.24) is 14.4 Å². The summed E-state index contributed by atoms with van der Waals surface area (Å²) in [4.78, 5) is 24.6. The Morgan fingerprint density at radius 3 is 2.02 bits per heavy atom. The van der Waals surface area contributed by atoms with Crippen LogP contribution < -0.4 is 10.3 Å². The van der Waals surface area contributed by atoms with Gasteiger partial charge in [0.2, 0.25) is 0 Å². The van der Waals surface area contributed by atoms with Gasteiger partial charge in [0, 0.05) is 27.3 Å². The van der Waals surface area contributed by atoms with E-state index < -0.39 is 0 Å². The van der Waals surface area contributed by atoms with Gasteiger partial charge in [0.25, 0.3) is 5.56 Å². The van der Waals surface area contributed by atoms with E-state index >= 15 is 0 Å². The van der Waals surface area contributed by atoms with Gasteiger partial charge in [0.15, 0.2) is 11.3 Å². The molecule has 0 atom stereocenters. The van der Waals surface area contributed by atoms with Crippen molar-refractivity contribution in [2.45, 2.75) is 59.5 Å². The minimum atomic E-state index is -0.386. The zero-order valence-corrected chi connectivity index (χ0v) is 24.3. The SMILES string of the molecule is Cc1cc2c3c(=O)n4c5nc(C(C)(C)C)ccc5nc4c3c3cc(OC(C)(C)C)c4ccc5ccc1c1c5c4c3c21. The number of benzene rings is 5. The molecule has 41 heavy (non-hydrogen) atoms. The van der Waals surface area contributed by atoms with E-state index in [4.69, 9.17) is 14.7 Å². The molecule has 3 aromatic heterocycles. The lowest BCUT2D eigenvalue weighted by Gasteiger charge is -2.23. The van der Waals surface area contributed by atoms with Gasteiger partial charge in [-0.3, -0.25) is 4.79 Å². The van der Waals surface area contributed by atoms with Gasteiger partial charge >= 0.3 is 0 Å². The minimum Gasteiger partial charge on any atom is -0.487 e. The molecule has 5 nitrogen and oxygen atoms in total. The summed E-state index contributed by atoms with van der Waals surface area (Å²) >= 11 is 0. The van der Waals surface area contributed by atoms with Crippen molar-refractivity contribution in [2.24, 2.45) is 0 Å². The number of rotatable bonds is 1. The Kier molecular flexibility index (Phi) is 3.88. The number of imidazole rings is 1. The van der Waals surface area contributed by atoms with Crippen molar-refractivity contribution in [3.63, 3.8) is 0 Å². The minimum absolute atomic E-state index is 0.0572. The summed E-state index contributed by atoms with van der Waals surface area (Å²) < 4.78 is 8.38. The molecule has 0 saturated carbocycles. The van der Waals surface area contributed by atoms with E-state index in [9.17, 15) is 4.79 Å². The normalized spacial score (nSPS) is 13.8. The first-order valence-electron chi connectivity index (χ1n) is 14.3.